The second-order valence-electron chi connectivity index (χ2n) is 10.6. The molecule has 0 aromatic carbocycles. The molecule has 0 aliphatic carbocycles. The van der Waals surface area contributed by atoms with Gasteiger partial charge in [0.25, 0.3) is 0 Å². The number of unbranched alkanes of at least 4 members (excludes halogenated alkanes) is 7. The van der Waals surface area contributed by atoms with Gasteiger partial charge in [-0.25, -0.2) is 4.57 Å². The molecule has 0 aliphatic rings. The third kappa shape index (κ3) is 28.6. The number of phosphoric ester groups is 1. The SMILES string of the molecule is CC/C=C\C/C=C\C/C=C\C/C=C\CCCCC(=O)OC(COC(=O)CCCCCCCC)COP(=O)(O)OCC(N)C(=O)O. The van der Waals surface area contributed by atoms with Gasteiger partial charge in [0, 0.05) is 12.8 Å². The monoisotopic (exact) mass is 657 g/mol. The van der Waals surface area contributed by atoms with Crippen LogP contribution in [-0.4, -0.2) is 59.9 Å². The maximum absolute atomic E-state index is 12.4. The molecular weight excluding hydrogens is 601 g/mol. The lowest BCUT2D eigenvalue weighted by Gasteiger charge is -2.20. The fourth-order valence-corrected chi connectivity index (χ4v) is 4.54. The van der Waals surface area contributed by atoms with Crippen molar-refractivity contribution in [1.82, 2.24) is 0 Å². The summed E-state index contributed by atoms with van der Waals surface area (Å²) >= 11 is 0. The summed E-state index contributed by atoms with van der Waals surface area (Å²) in [4.78, 5) is 45.3. The van der Waals surface area contributed by atoms with Crippen molar-refractivity contribution in [3.63, 3.8) is 0 Å². The Hall–Kier alpha value is -2.56. The zero-order chi connectivity index (χ0) is 33.6. The average molecular weight is 658 g/mol. The van der Waals surface area contributed by atoms with Crippen LogP contribution in [0.5, 0.6) is 0 Å². The van der Waals surface area contributed by atoms with Gasteiger partial charge in [0.05, 0.1) is 13.2 Å². The zero-order valence-corrected chi connectivity index (χ0v) is 28.1. The van der Waals surface area contributed by atoms with E-state index in [-0.39, 0.29) is 19.4 Å². The highest BCUT2D eigenvalue weighted by atomic mass is 31.2. The van der Waals surface area contributed by atoms with Crippen LogP contribution < -0.4 is 5.73 Å². The smallest absolute Gasteiger partial charge is 0.472 e. The molecule has 3 unspecified atom stereocenters. The van der Waals surface area contributed by atoms with E-state index in [9.17, 15) is 23.8 Å². The first-order valence-corrected chi connectivity index (χ1v) is 17.7. The third-order valence-corrected chi connectivity index (χ3v) is 7.29. The molecule has 11 nitrogen and oxygen atoms in total. The highest BCUT2D eigenvalue weighted by Crippen LogP contribution is 2.43. The van der Waals surface area contributed by atoms with Gasteiger partial charge in [-0.15, -0.1) is 0 Å². The summed E-state index contributed by atoms with van der Waals surface area (Å²) in [5.74, 6) is -2.45. The lowest BCUT2D eigenvalue weighted by atomic mass is 10.1. The molecule has 0 aromatic heterocycles. The predicted octanol–water partition coefficient (Wildman–Crippen LogP) is 7.10. The van der Waals surface area contributed by atoms with E-state index < -0.39 is 51.1 Å². The normalized spacial score (nSPS) is 14.8. The Morgan fingerprint density at radius 3 is 1.87 bits per heavy atom. The van der Waals surface area contributed by atoms with E-state index in [0.717, 1.165) is 70.6 Å². The number of esters is 2. The number of hydrogen-bond acceptors (Lipinski definition) is 9. The first kappa shape index (κ1) is 42.4. The first-order valence-electron chi connectivity index (χ1n) is 16.2. The number of aliphatic carboxylic acids is 1. The number of carbonyl (C=O) groups excluding carboxylic acids is 2. The van der Waals surface area contributed by atoms with Crippen molar-refractivity contribution in [2.24, 2.45) is 5.73 Å². The molecular formula is C33H56NO10P. The minimum absolute atomic E-state index is 0.108. The molecule has 12 heteroatoms. The highest BCUT2D eigenvalue weighted by molar-refractivity contribution is 7.47. The summed E-state index contributed by atoms with van der Waals surface area (Å²) in [5, 5.41) is 8.81. The summed E-state index contributed by atoms with van der Waals surface area (Å²) < 4.78 is 32.2. The molecule has 4 N–H and O–H groups in total. The Balaban J connectivity index is 4.57. The van der Waals surface area contributed by atoms with Crippen molar-refractivity contribution in [2.75, 3.05) is 19.8 Å². The molecule has 0 rings (SSSR count). The summed E-state index contributed by atoms with van der Waals surface area (Å²) in [5.41, 5.74) is 5.28. The largest absolute Gasteiger partial charge is 0.480 e. The van der Waals surface area contributed by atoms with E-state index in [0.29, 0.717) is 12.8 Å². The van der Waals surface area contributed by atoms with Gasteiger partial charge in [-0.05, 0) is 51.4 Å². The average Bonchev–Trinajstić information content (AvgIpc) is 3.00. The summed E-state index contributed by atoms with van der Waals surface area (Å²) in [6.45, 7) is 2.51. The van der Waals surface area contributed by atoms with Gasteiger partial charge in [0.15, 0.2) is 6.10 Å². The number of carboxylic acids is 1. The van der Waals surface area contributed by atoms with Crippen LogP contribution in [0.25, 0.3) is 0 Å². The van der Waals surface area contributed by atoms with E-state index in [1.54, 1.807) is 0 Å². The van der Waals surface area contributed by atoms with E-state index in [1.807, 2.05) is 0 Å². The number of carboxylic acid groups (broad SMARTS) is 1. The standard InChI is InChI=1S/C33H56NO10P/c1-3-5-7-9-11-12-13-14-15-16-17-18-19-21-23-25-32(36)44-29(26-41-31(35)24-22-20-10-8-6-4-2)27-42-45(39,40)43-28-30(34)33(37)38/h5,7,11-12,14-15,17-18,29-30H,3-4,6,8-10,13,16,19-28,34H2,1-2H3,(H,37,38)(H,39,40)/b7-5-,12-11-,15-14-,18-17-. The van der Waals surface area contributed by atoms with Crippen molar-refractivity contribution in [2.45, 2.75) is 122 Å². The molecule has 0 spiro atoms. The van der Waals surface area contributed by atoms with Gasteiger partial charge >= 0.3 is 25.7 Å². The number of nitrogens with two attached hydrogens (primary N) is 1. The Labute approximate surface area is 269 Å². The molecule has 0 saturated carbocycles. The van der Waals surface area contributed by atoms with Crippen molar-refractivity contribution in [1.29, 1.82) is 0 Å². The first-order chi connectivity index (χ1) is 21.6. The Morgan fingerprint density at radius 2 is 1.24 bits per heavy atom. The quantitative estimate of drug-likeness (QED) is 0.0324. The second kappa shape index (κ2) is 28.9. The molecule has 0 aromatic rings. The minimum atomic E-state index is -4.71. The van der Waals surface area contributed by atoms with Crippen molar-refractivity contribution >= 4 is 25.7 Å². The van der Waals surface area contributed by atoms with Gasteiger partial charge in [0.1, 0.15) is 12.6 Å². The molecule has 0 amide bonds. The molecule has 258 valence electrons. The van der Waals surface area contributed by atoms with Gasteiger partial charge < -0.3 is 25.2 Å². The fourth-order valence-electron chi connectivity index (χ4n) is 3.76. The van der Waals surface area contributed by atoms with Crippen LogP contribution in [0.2, 0.25) is 0 Å². The maximum Gasteiger partial charge on any atom is 0.472 e. The molecule has 0 radical (unpaired) electrons. The Bertz CT molecular complexity index is 963. The number of ether oxygens (including phenoxy) is 2. The van der Waals surface area contributed by atoms with Crippen LogP contribution in [-0.2, 0) is 37.5 Å². The molecule has 0 saturated heterocycles. The molecule has 0 bridgehead atoms. The number of allylic oxidation sites excluding steroid dienone is 8. The number of carbonyl (C=O) groups is 3. The van der Waals surface area contributed by atoms with E-state index in [2.05, 4.69) is 67.0 Å². The summed E-state index contributed by atoms with van der Waals surface area (Å²) in [7, 11) is -4.71. The summed E-state index contributed by atoms with van der Waals surface area (Å²) in [6.07, 6.45) is 28.0. The lowest BCUT2D eigenvalue weighted by molar-refractivity contribution is -0.161. The van der Waals surface area contributed by atoms with Crippen LogP contribution in [0.1, 0.15) is 110 Å². The predicted molar refractivity (Wildman–Crippen MR) is 175 cm³/mol. The number of phosphoric acid groups is 1. The summed E-state index contributed by atoms with van der Waals surface area (Å²) in [6, 6.07) is -1.53. The Kier molecular flexibility index (Phi) is 27.2. The van der Waals surface area contributed by atoms with Crippen LogP contribution in [0, 0.1) is 0 Å². The second-order valence-corrected chi connectivity index (χ2v) is 12.0. The highest BCUT2D eigenvalue weighted by Gasteiger charge is 2.28. The molecule has 45 heavy (non-hydrogen) atoms. The molecule has 0 aliphatic heterocycles. The van der Waals surface area contributed by atoms with Crippen molar-refractivity contribution < 1.29 is 47.5 Å². The third-order valence-electron chi connectivity index (χ3n) is 6.34. The van der Waals surface area contributed by atoms with Crippen molar-refractivity contribution in [3.8, 4) is 0 Å². The molecule has 3 atom stereocenters. The molecule has 0 fully saturated rings. The lowest BCUT2D eigenvalue weighted by Crippen LogP contribution is -2.34. The van der Waals surface area contributed by atoms with E-state index >= 15 is 0 Å². The topological polar surface area (TPSA) is 172 Å². The van der Waals surface area contributed by atoms with Gasteiger partial charge in [0.2, 0.25) is 0 Å². The fraction of sp³-hybridized carbons (Fsp3) is 0.667. The van der Waals surface area contributed by atoms with Crippen LogP contribution in [0.15, 0.2) is 48.6 Å². The van der Waals surface area contributed by atoms with Gasteiger partial charge in [-0.2, -0.15) is 0 Å². The van der Waals surface area contributed by atoms with Gasteiger partial charge in [-0.1, -0.05) is 94.6 Å². The van der Waals surface area contributed by atoms with E-state index in [4.69, 9.17) is 24.8 Å². The minimum Gasteiger partial charge on any atom is -0.480 e. The Morgan fingerprint density at radius 1 is 0.711 bits per heavy atom. The number of hydrogen-bond donors (Lipinski definition) is 3. The van der Waals surface area contributed by atoms with Crippen molar-refractivity contribution in [3.05, 3.63) is 48.6 Å². The zero-order valence-electron chi connectivity index (χ0n) is 27.2. The van der Waals surface area contributed by atoms with Crippen LogP contribution in [0.3, 0.4) is 0 Å². The molecule has 0 heterocycles. The van der Waals surface area contributed by atoms with Crippen LogP contribution in [0.4, 0.5) is 0 Å². The van der Waals surface area contributed by atoms with Crippen LogP contribution >= 0.6 is 7.82 Å². The maximum atomic E-state index is 12.4. The van der Waals surface area contributed by atoms with E-state index in [1.165, 1.54) is 0 Å². The van der Waals surface area contributed by atoms with Gasteiger partial charge in [-0.3, -0.25) is 23.4 Å². The number of rotatable bonds is 29.